The quantitative estimate of drug-likeness (QED) is 0.0946. The molecule has 4 aromatic carbocycles. The van der Waals surface area contributed by atoms with Crippen molar-refractivity contribution in [2.24, 2.45) is 0 Å². The lowest BCUT2D eigenvalue weighted by molar-refractivity contribution is -0.0881. The van der Waals surface area contributed by atoms with Crippen molar-refractivity contribution >= 4 is 19.6 Å². The fourth-order valence-electron chi connectivity index (χ4n) is 4.31. The molecule has 5 aromatic rings. The third-order valence-electron chi connectivity index (χ3n) is 6.48. The molecule has 13 heteroatoms. The van der Waals surface area contributed by atoms with Gasteiger partial charge in [0.15, 0.2) is 0 Å². The Hall–Kier alpha value is -4.90. The van der Waals surface area contributed by atoms with Gasteiger partial charge in [-0.3, -0.25) is 4.57 Å². The number of hydrogen-bond acceptors (Lipinski definition) is 10. The van der Waals surface area contributed by atoms with Crippen molar-refractivity contribution < 1.29 is 41.8 Å². The number of hydrogen-bond donors (Lipinski definition) is 0. The van der Waals surface area contributed by atoms with Crippen LogP contribution < -0.4 is 9.64 Å². The molecule has 10 nitrogen and oxygen atoms in total. The number of ether oxygens (including phenoxy) is 2. The summed E-state index contributed by atoms with van der Waals surface area (Å²) in [6.45, 7) is 0.608. The molecule has 0 radical (unpaired) electrons. The van der Waals surface area contributed by atoms with Gasteiger partial charge in [0.25, 0.3) is 0 Å². The Bertz CT molecular complexity index is 1730. The molecule has 0 saturated heterocycles. The van der Waals surface area contributed by atoms with Gasteiger partial charge in [0.1, 0.15) is 11.5 Å². The van der Waals surface area contributed by atoms with E-state index in [4.69, 9.17) is 13.9 Å². The molecule has 0 saturated carbocycles. The Morgan fingerprint density at radius 2 is 1.41 bits per heavy atom. The molecular formula is C31H26F2N3O7P. The third-order valence-corrected chi connectivity index (χ3v) is 7.65. The van der Waals surface area contributed by atoms with E-state index in [1.165, 1.54) is 7.11 Å². The van der Waals surface area contributed by atoms with Gasteiger partial charge in [-0.15, -0.1) is 14.6 Å². The SMILES string of the molecule is COC(=O)c1ccc(CN(Cc2ccc(CP(=O)(OF)OF)cc2)c2nnc(-c3cccc(Oc4ccccc4)c3)o2)cc1. The van der Waals surface area contributed by atoms with Crippen LogP contribution in [0.25, 0.3) is 11.5 Å². The number of benzene rings is 4. The predicted molar refractivity (Wildman–Crippen MR) is 156 cm³/mol. The van der Waals surface area contributed by atoms with Crippen LogP contribution in [0.3, 0.4) is 0 Å². The van der Waals surface area contributed by atoms with Crippen LogP contribution in [0.5, 0.6) is 11.5 Å². The van der Waals surface area contributed by atoms with Crippen molar-refractivity contribution in [3.63, 3.8) is 0 Å². The van der Waals surface area contributed by atoms with Crippen LogP contribution in [0.4, 0.5) is 15.1 Å². The van der Waals surface area contributed by atoms with E-state index in [0.29, 0.717) is 34.7 Å². The van der Waals surface area contributed by atoms with Gasteiger partial charge in [-0.2, -0.15) is 0 Å². The number of halogens is 2. The number of aromatic nitrogens is 2. The van der Waals surface area contributed by atoms with Crippen molar-refractivity contribution in [3.8, 4) is 23.0 Å². The standard InChI is InChI=1S/C31H26F2N3O7P/c1-39-30(37)25-16-14-23(15-17-25)20-36(19-22-10-12-24(13-11-22)21-44(38,42-32)43-33)31-35-34-29(41-31)26-6-5-9-28(18-26)40-27-7-3-2-4-8-27/h2-18H,19-21H2,1H3. The number of nitrogens with zero attached hydrogens (tertiary/aromatic N) is 3. The minimum Gasteiger partial charge on any atom is -0.465 e. The second-order valence-corrected chi connectivity index (χ2v) is 11.4. The van der Waals surface area contributed by atoms with Crippen molar-refractivity contribution in [2.45, 2.75) is 19.3 Å². The van der Waals surface area contributed by atoms with E-state index >= 15 is 0 Å². The molecule has 0 unspecified atom stereocenters. The van der Waals surface area contributed by atoms with Gasteiger partial charge >= 0.3 is 19.6 Å². The Kier molecular flexibility index (Phi) is 9.75. The molecule has 0 amide bonds. The highest BCUT2D eigenvalue weighted by molar-refractivity contribution is 7.52. The molecule has 5 rings (SSSR count). The topological polar surface area (TPSA) is 113 Å². The van der Waals surface area contributed by atoms with Gasteiger partial charge in [0, 0.05) is 18.7 Å². The summed E-state index contributed by atoms with van der Waals surface area (Å²) in [5.74, 6) is 1.10. The largest absolute Gasteiger partial charge is 0.465 e. The van der Waals surface area contributed by atoms with Crippen molar-refractivity contribution in [1.82, 2.24) is 10.2 Å². The maximum atomic E-state index is 12.5. The lowest BCUT2D eigenvalue weighted by Crippen LogP contribution is -2.22. The first-order valence-corrected chi connectivity index (χ1v) is 15.0. The minimum atomic E-state index is -4.52. The first-order chi connectivity index (χ1) is 21.4. The molecule has 0 spiro atoms. The predicted octanol–water partition coefficient (Wildman–Crippen LogP) is 8.02. The molecule has 0 bridgehead atoms. The van der Waals surface area contributed by atoms with E-state index in [1.54, 1.807) is 54.6 Å². The molecule has 1 aromatic heterocycles. The molecule has 0 aliphatic heterocycles. The smallest absolute Gasteiger partial charge is 0.399 e. The number of para-hydroxylation sites is 1. The summed E-state index contributed by atoms with van der Waals surface area (Å²) in [7, 11) is -3.21. The van der Waals surface area contributed by atoms with E-state index in [1.807, 2.05) is 53.4 Å². The number of esters is 1. The van der Waals surface area contributed by atoms with E-state index < -0.39 is 19.7 Å². The highest BCUT2D eigenvalue weighted by Gasteiger charge is 2.28. The zero-order valence-corrected chi connectivity index (χ0v) is 24.2. The Morgan fingerprint density at radius 3 is 2.05 bits per heavy atom. The molecule has 0 N–H and O–H groups in total. The fraction of sp³-hybridized carbons (Fsp3) is 0.129. The second kappa shape index (κ2) is 14.0. The van der Waals surface area contributed by atoms with Crippen LogP contribution in [-0.2, 0) is 38.0 Å². The molecule has 0 atom stereocenters. The average molecular weight is 622 g/mol. The van der Waals surface area contributed by atoms with E-state index in [-0.39, 0.29) is 18.5 Å². The van der Waals surface area contributed by atoms with Crippen LogP contribution in [-0.4, -0.2) is 23.3 Å². The Balaban J connectivity index is 1.39. The fourth-order valence-corrected chi connectivity index (χ4v) is 5.08. The first kappa shape index (κ1) is 30.6. The number of anilines is 1. The highest BCUT2D eigenvalue weighted by atomic mass is 31.2. The molecule has 0 aliphatic carbocycles. The lowest BCUT2D eigenvalue weighted by Gasteiger charge is -2.21. The van der Waals surface area contributed by atoms with E-state index in [2.05, 4.69) is 19.7 Å². The molecule has 0 aliphatic rings. The number of methoxy groups -OCH3 is 1. The summed E-state index contributed by atoms with van der Waals surface area (Å²) in [5, 5.41) is 8.54. The summed E-state index contributed by atoms with van der Waals surface area (Å²) >= 11 is 0. The zero-order chi connectivity index (χ0) is 30.9. The summed E-state index contributed by atoms with van der Waals surface area (Å²) < 4.78 is 60.1. The number of carbonyl (C=O) groups is 1. The van der Waals surface area contributed by atoms with Crippen LogP contribution in [0.2, 0.25) is 0 Å². The first-order valence-electron chi connectivity index (χ1n) is 13.2. The zero-order valence-electron chi connectivity index (χ0n) is 23.3. The average Bonchev–Trinajstić information content (AvgIpc) is 3.56. The maximum Gasteiger partial charge on any atom is 0.399 e. The third kappa shape index (κ3) is 7.73. The van der Waals surface area contributed by atoms with Gasteiger partial charge in [-0.1, -0.05) is 65.8 Å². The van der Waals surface area contributed by atoms with Gasteiger partial charge < -0.3 is 18.8 Å². The van der Waals surface area contributed by atoms with Gasteiger partial charge in [-0.25, -0.2) is 4.79 Å². The van der Waals surface area contributed by atoms with Crippen molar-refractivity contribution in [1.29, 1.82) is 0 Å². The Morgan fingerprint density at radius 1 is 0.795 bits per heavy atom. The second-order valence-electron chi connectivity index (χ2n) is 9.60. The van der Waals surface area contributed by atoms with Crippen molar-refractivity contribution in [2.75, 3.05) is 12.0 Å². The maximum absolute atomic E-state index is 12.5. The molecule has 0 fully saturated rings. The summed E-state index contributed by atoms with van der Waals surface area (Å²) in [5.41, 5.74) is 3.01. The van der Waals surface area contributed by atoms with Gasteiger partial charge in [0.2, 0.25) is 5.89 Å². The summed E-state index contributed by atoms with van der Waals surface area (Å²) in [4.78, 5) is 13.7. The molecule has 44 heavy (non-hydrogen) atoms. The molecule has 1 heterocycles. The van der Waals surface area contributed by atoms with Gasteiger partial charge in [-0.05, 0) is 68.2 Å². The minimum absolute atomic E-state index is 0.219. The normalized spacial score (nSPS) is 11.2. The van der Waals surface area contributed by atoms with E-state index in [0.717, 1.165) is 11.1 Å². The van der Waals surface area contributed by atoms with Gasteiger partial charge in [0.05, 0.1) is 18.8 Å². The van der Waals surface area contributed by atoms with Crippen molar-refractivity contribution in [3.05, 3.63) is 125 Å². The van der Waals surface area contributed by atoms with Crippen LogP contribution in [0, 0.1) is 0 Å². The molecule has 226 valence electrons. The van der Waals surface area contributed by atoms with Crippen LogP contribution >= 0.6 is 7.60 Å². The number of rotatable bonds is 13. The summed E-state index contributed by atoms with van der Waals surface area (Å²) in [6, 6.07) is 30.2. The highest BCUT2D eigenvalue weighted by Crippen LogP contribution is 2.52. The van der Waals surface area contributed by atoms with E-state index in [9.17, 15) is 18.4 Å². The summed E-state index contributed by atoms with van der Waals surface area (Å²) in [6.07, 6.45) is -0.587. The molecular weight excluding hydrogens is 595 g/mol. The monoisotopic (exact) mass is 621 g/mol. The van der Waals surface area contributed by atoms with Crippen LogP contribution in [0.15, 0.2) is 108 Å². The lowest BCUT2D eigenvalue weighted by atomic mass is 10.1. The number of carbonyl (C=O) groups excluding carboxylic acids is 1. The Labute approximate surface area is 251 Å². The van der Waals surface area contributed by atoms with Crippen LogP contribution in [0.1, 0.15) is 27.0 Å².